The van der Waals surface area contributed by atoms with Gasteiger partial charge in [0.25, 0.3) is 0 Å². The zero-order valence-electron chi connectivity index (χ0n) is 20.0. The fourth-order valence-corrected chi connectivity index (χ4v) is 5.83. The number of piperidine rings is 1. The number of nitrogens with zero attached hydrogens (tertiary/aromatic N) is 1. The molecule has 184 valence electrons. The average molecular weight is 489 g/mol. The van der Waals surface area contributed by atoms with Crippen molar-refractivity contribution >= 4 is 21.9 Å². The Labute approximate surface area is 201 Å². The summed E-state index contributed by atoms with van der Waals surface area (Å²) in [6.45, 7) is 4.49. The molecule has 2 aromatic carbocycles. The van der Waals surface area contributed by atoms with E-state index < -0.39 is 16.0 Å². The molecule has 0 radical (unpaired) electrons. The van der Waals surface area contributed by atoms with Gasteiger partial charge in [-0.15, -0.1) is 0 Å². The van der Waals surface area contributed by atoms with Crippen molar-refractivity contribution in [2.24, 2.45) is 11.8 Å². The molecule has 1 N–H and O–H groups in total. The van der Waals surface area contributed by atoms with Gasteiger partial charge in [0.2, 0.25) is 15.9 Å². The Morgan fingerprint density at radius 3 is 2.18 bits per heavy atom. The standard InChI is InChI=1S/C25H32N2O6S/c1-17(2)23(18-9-11-20(32-3)12-10-18)26-24(28)19-13-15-27(16-14-19)34(30,31)22-8-6-5-7-21(22)25(29)33-4/h5-12,17,19,23H,13-16H2,1-4H3,(H,26,28). The first-order valence-corrected chi connectivity index (χ1v) is 12.7. The van der Waals surface area contributed by atoms with E-state index in [1.54, 1.807) is 19.2 Å². The molecule has 0 aromatic heterocycles. The van der Waals surface area contributed by atoms with E-state index in [-0.39, 0.29) is 47.3 Å². The molecule has 1 atom stereocenters. The highest BCUT2D eigenvalue weighted by Gasteiger charge is 2.35. The van der Waals surface area contributed by atoms with Crippen molar-refractivity contribution in [2.45, 2.75) is 37.6 Å². The van der Waals surface area contributed by atoms with E-state index in [0.29, 0.717) is 12.8 Å². The second-order valence-corrected chi connectivity index (χ2v) is 10.6. The molecule has 2 aromatic rings. The smallest absolute Gasteiger partial charge is 0.339 e. The van der Waals surface area contributed by atoms with Crippen molar-refractivity contribution in [3.63, 3.8) is 0 Å². The van der Waals surface area contributed by atoms with Crippen LogP contribution in [0, 0.1) is 11.8 Å². The molecular weight excluding hydrogens is 456 g/mol. The number of carbonyl (C=O) groups is 2. The van der Waals surface area contributed by atoms with Crippen LogP contribution < -0.4 is 10.1 Å². The van der Waals surface area contributed by atoms with Gasteiger partial charge in [0.15, 0.2) is 0 Å². The highest BCUT2D eigenvalue weighted by molar-refractivity contribution is 7.89. The van der Waals surface area contributed by atoms with E-state index >= 15 is 0 Å². The van der Waals surface area contributed by atoms with Crippen molar-refractivity contribution in [2.75, 3.05) is 27.3 Å². The summed E-state index contributed by atoms with van der Waals surface area (Å²) in [4.78, 5) is 25.0. The number of esters is 1. The normalized spacial score (nSPS) is 16.1. The molecule has 1 unspecified atom stereocenters. The van der Waals surface area contributed by atoms with E-state index in [1.165, 1.54) is 23.5 Å². The molecule has 1 saturated heterocycles. The molecular formula is C25H32N2O6S. The number of ether oxygens (including phenoxy) is 2. The van der Waals surface area contributed by atoms with Gasteiger partial charge in [-0.1, -0.05) is 38.1 Å². The zero-order chi connectivity index (χ0) is 24.9. The molecule has 1 amide bonds. The minimum atomic E-state index is -3.89. The van der Waals surface area contributed by atoms with Crippen LogP contribution in [0.1, 0.15) is 48.7 Å². The second kappa shape index (κ2) is 11.0. The Morgan fingerprint density at radius 2 is 1.62 bits per heavy atom. The molecule has 0 saturated carbocycles. The van der Waals surface area contributed by atoms with Crippen LogP contribution in [0.15, 0.2) is 53.4 Å². The summed E-state index contributed by atoms with van der Waals surface area (Å²) < 4.78 is 37.7. The predicted octanol–water partition coefficient (Wildman–Crippen LogP) is 3.40. The average Bonchev–Trinajstić information content (AvgIpc) is 2.86. The topological polar surface area (TPSA) is 102 Å². The summed E-state index contributed by atoms with van der Waals surface area (Å²) in [7, 11) is -1.07. The summed E-state index contributed by atoms with van der Waals surface area (Å²) in [5.74, 6) is -0.150. The summed E-state index contributed by atoms with van der Waals surface area (Å²) in [6.07, 6.45) is 0.803. The lowest BCUT2D eigenvalue weighted by atomic mass is 9.92. The predicted molar refractivity (Wildman–Crippen MR) is 128 cm³/mol. The second-order valence-electron chi connectivity index (χ2n) is 8.67. The lowest BCUT2D eigenvalue weighted by Gasteiger charge is -2.32. The lowest BCUT2D eigenvalue weighted by molar-refractivity contribution is -0.127. The first-order chi connectivity index (χ1) is 16.2. The molecule has 1 aliphatic rings. The third kappa shape index (κ3) is 5.59. The quantitative estimate of drug-likeness (QED) is 0.572. The highest BCUT2D eigenvalue weighted by Crippen LogP contribution is 2.28. The third-order valence-electron chi connectivity index (χ3n) is 6.17. The van der Waals surface area contributed by atoms with E-state index in [0.717, 1.165) is 11.3 Å². The maximum absolute atomic E-state index is 13.2. The first-order valence-electron chi connectivity index (χ1n) is 11.3. The summed E-state index contributed by atoms with van der Waals surface area (Å²) in [5, 5.41) is 3.15. The zero-order valence-corrected chi connectivity index (χ0v) is 20.8. The van der Waals surface area contributed by atoms with Gasteiger partial charge >= 0.3 is 5.97 Å². The molecule has 0 bridgehead atoms. The molecule has 1 heterocycles. The molecule has 1 fully saturated rings. The summed E-state index contributed by atoms with van der Waals surface area (Å²) in [5.41, 5.74) is 0.993. The maximum Gasteiger partial charge on any atom is 0.339 e. The van der Waals surface area contributed by atoms with Crippen LogP contribution in [0.2, 0.25) is 0 Å². The van der Waals surface area contributed by atoms with Gasteiger partial charge in [0.05, 0.1) is 30.7 Å². The van der Waals surface area contributed by atoms with Crippen LogP contribution >= 0.6 is 0 Å². The summed E-state index contributed by atoms with van der Waals surface area (Å²) >= 11 is 0. The molecule has 1 aliphatic heterocycles. The maximum atomic E-state index is 13.2. The molecule has 34 heavy (non-hydrogen) atoms. The molecule has 0 aliphatic carbocycles. The van der Waals surface area contributed by atoms with Crippen molar-refractivity contribution in [3.05, 3.63) is 59.7 Å². The Kier molecular flexibility index (Phi) is 8.33. The van der Waals surface area contributed by atoms with E-state index in [9.17, 15) is 18.0 Å². The number of hydrogen-bond acceptors (Lipinski definition) is 6. The number of rotatable bonds is 8. The molecule has 3 rings (SSSR count). The van der Waals surface area contributed by atoms with Crippen molar-refractivity contribution in [1.29, 1.82) is 0 Å². The van der Waals surface area contributed by atoms with Crippen molar-refractivity contribution < 1.29 is 27.5 Å². The van der Waals surface area contributed by atoms with Gasteiger partial charge in [-0.05, 0) is 48.6 Å². The van der Waals surface area contributed by atoms with Gasteiger partial charge in [-0.3, -0.25) is 4.79 Å². The number of carbonyl (C=O) groups excluding carboxylic acids is 2. The number of benzene rings is 2. The van der Waals surface area contributed by atoms with Crippen molar-refractivity contribution in [3.8, 4) is 5.75 Å². The number of amides is 1. The third-order valence-corrected chi connectivity index (χ3v) is 8.13. The Balaban J connectivity index is 1.68. The van der Waals surface area contributed by atoms with E-state index in [1.807, 2.05) is 38.1 Å². The first kappa shape index (κ1) is 25.7. The van der Waals surface area contributed by atoms with Crippen LogP contribution in [-0.2, 0) is 19.6 Å². The minimum absolute atomic E-state index is 0.00383. The van der Waals surface area contributed by atoms with Crippen LogP contribution in [-0.4, -0.2) is 51.9 Å². The van der Waals surface area contributed by atoms with Crippen molar-refractivity contribution in [1.82, 2.24) is 9.62 Å². The highest BCUT2D eigenvalue weighted by atomic mass is 32.2. The monoisotopic (exact) mass is 488 g/mol. The number of sulfonamides is 1. The Bertz CT molecular complexity index is 1110. The fourth-order valence-electron chi connectivity index (χ4n) is 4.18. The van der Waals surface area contributed by atoms with E-state index in [4.69, 9.17) is 9.47 Å². The summed E-state index contributed by atoms with van der Waals surface area (Å²) in [6, 6.07) is 13.5. The van der Waals surface area contributed by atoms with Crippen LogP contribution in [0.3, 0.4) is 0 Å². The molecule has 8 nitrogen and oxygen atoms in total. The number of nitrogens with one attached hydrogen (secondary N) is 1. The number of hydrogen-bond donors (Lipinski definition) is 1. The Morgan fingerprint density at radius 1 is 1.00 bits per heavy atom. The van der Waals surface area contributed by atoms with Crippen LogP contribution in [0.4, 0.5) is 0 Å². The largest absolute Gasteiger partial charge is 0.497 e. The minimum Gasteiger partial charge on any atom is -0.497 e. The SMILES string of the molecule is COC(=O)c1ccccc1S(=O)(=O)N1CCC(C(=O)NC(c2ccc(OC)cc2)C(C)C)CC1. The van der Waals surface area contributed by atoms with Crippen LogP contribution in [0.25, 0.3) is 0 Å². The lowest BCUT2D eigenvalue weighted by Crippen LogP contribution is -2.44. The molecule has 9 heteroatoms. The van der Waals surface area contributed by atoms with E-state index in [2.05, 4.69) is 5.32 Å². The van der Waals surface area contributed by atoms with Crippen LogP contribution in [0.5, 0.6) is 5.75 Å². The Hall–Kier alpha value is -2.91. The van der Waals surface area contributed by atoms with Gasteiger partial charge in [0, 0.05) is 19.0 Å². The van der Waals surface area contributed by atoms with Gasteiger partial charge < -0.3 is 14.8 Å². The van der Waals surface area contributed by atoms with Gasteiger partial charge in [-0.25, -0.2) is 13.2 Å². The number of methoxy groups -OCH3 is 2. The molecule has 0 spiro atoms. The van der Waals surface area contributed by atoms with Gasteiger partial charge in [-0.2, -0.15) is 4.31 Å². The fraction of sp³-hybridized carbons (Fsp3) is 0.440. The van der Waals surface area contributed by atoms with Gasteiger partial charge in [0.1, 0.15) is 5.75 Å².